The molecule has 0 spiro atoms. The molecule has 37 heavy (non-hydrogen) atoms. The van der Waals surface area contributed by atoms with Gasteiger partial charge in [0, 0.05) is 11.2 Å². The molecule has 0 aliphatic rings. The lowest BCUT2D eigenvalue weighted by molar-refractivity contribution is -0.128. The highest BCUT2D eigenvalue weighted by Crippen LogP contribution is 2.40. The second-order valence-electron chi connectivity index (χ2n) is 10.8. The van der Waals surface area contributed by atoms with Gasteiger partial charge in [-0.15, -0.1) is 0 Å². The van der Waals surface area contributed by atoms with E-state index >= 15 is 0 Å². The molecular weight excluding hydrogens is 452 g/mol. The van der Waals surface area contributed by atoms with E-state index in [0.29, 0.717) is 0 Å². The smallest absolute Gasteiger partial charge is 0.244 e. The van der Waals surface area contributed by atoms with Crippen LogP contribution in [-0.2, 0) is 10.3 Å². The van der Waals surface area contributed by atoms with Crippen molar-refractivity contribution in [3.63, 3.8) is 0 Å². The first-order chi connectivity index (χ1) is 17.8. The fourth-order valence-electron chi connectivity index (χ4n) is 5.59. The Labute approximate surface area is 219 Å². The molecule has 4 aromatic carbocycles. The minimum atomic E-state index is -0.860. The SMILES string of the molecule is Cc1cc2ccccc2n1C(C(=O)NC(c1ccccc1)(c1ccccc1)c1ccccc1)C(C)(C)C. The second-order valence-corrected chi connectivity index (χ2v) is 10.8. The van der Waals surface area contributed by atoms with Gasteiger partial charge in [-0.2, -0.15) is 0 Å². The van der Waals surface area contributed by atoms with Crippen LogP contribution in [0, 0.1) is 12.3 Å². The predicted molar refractivity (Wildman–Crippen MR) is 153 cm³/mol. The highest BCUT2D eigenvalue weighted by Gasteiger charge is 2.42. The molecule has 5 aromatic rings. The molecular formula is C34H34N2O. The summed E-state index contributed by atoms with van der Waals surface area (Å²) in [5, 5.41) is 4.75. The number of rotatable bonds is 6. The van der Waals surface area contributed by atoms with E-state index in [0.717, 1.165) is 33.3 Å². The van der Waals surface area contributed by atoms with Gasteiger partial charge < -0.3 is 9.88 Å². The number of carbonyl (C=O) groups is 1. The van der Waals surface area contributed by atoms with Gasteiger partial charge in [0.2, 0.25) is 5.91 Å². The fourth-order valence-corrected chi connectivity index (χ4v) is 5.59. The number of aryl methyl sites for hydroxylation is 1. The molecule has 186 valence electrons. The number of hydrogen-bond donors (Lipinski definition) is 1. The summed E-state index contributed by atoms with van der Waals surface area (Å²) in [6, 6.07) is 40.9. The summed E-state index contributed by atoms with van der Waals surface area (Å²) in [5.41, 5.74) is 3.99. The Morgan fingerprint density at radius 1 is 0.676 bits per heavy atom. The highest BCUT2D eigenvalue weighted by atomic mass is 16.2. The monoisotopic (exact) mass is 486 g/mol. The zero-order valence-corrected chi connectivity index (χ0v) is 22.0. The molecule has 0 aliphatic heterocycles. The van der Waals surface area contributed by atoms with Crippen LogP contribution < -0.4 is 5.32 Å². The summed E-state index contributed by atoms with van der Waals surface area (Å²) < 4.78 is 2.20. The van der Waals surface area contributed by atoms with Crippen LogP contribution in [0.4, 0.5) is 0 Å². The van der Waals surface area contributed by atoms with E-state index < -0.39 is 11.6 Å². The molecule has 0 bridgehead atoms. The molecule has 1 atom stereocenters. The molecule has 1 N–H and O–H groups in total. The number of hydrogen-bond acceptors (Lipinski definition) is 1. The summed E-state index contributed by atoms with van der Waals surface area (Å²) in [4.78, 5) is 14.7. The number of amides is 1. The Hall–Kier alpha value is -4.11. The second kappa shape index (κ2) is 9.74. The minimum Gasteiger partial charge on any atom is -0.337 e. The molecule has 3 heteroatoms. The molecule has 1 heterocycles. The number of carbonyl (C=O) groups excluding carboxylic acids is 1. The molecule has 0 fully saturated rings. The lowest BCUT2D eigenvalue weighted by atomic mass is 9.76. The van der Waals surface area contributed by atoms with Gasteiger partial charge in [-0.25, -0.2) is 0 Å². The largest absolute Gasteiger partial charge is 0.337 e. The summed E-state index contributed by atoms with van der Waals surface area (Å²) in [7, 11) is 0. The van der Waals surface area contributed by atoms with Gasteiger partial charge in [0.1, 0.15) is 11.6 Å². The average Bonchev–Trinajstić information content (AvgIpc) is 3.23. The Balaban J connectivity index is 1.74. The molecule has 0 saturated carbocycles. The van der Waals surface area contributed by atoms with Crippen LogP contribution >= 0.6 is 0 Å². The predicted octanol–water partition coefficient (Wildman–Crippen LogP) is 7.65. The van der Waals surface area contributed by atoms with Gasteiger partial charge in [0.15, 0.2) is 0 Å². The molecule has 1 amide bonds. The Morgan fingerprint density at radius 3 is 1.57 bits per heavy atom. The minimum absolute atomic E-state index is 0.0199. The van der Waals surface area contributed by atoms with E-state index in [4.69, 9.17) is 0 Å². The van der Waals surface area contributed by atoms with Crippen LogP contribution in [0.2, 0.25) is 0 Å². The molecule has 1 unspecified atom stereocenters. The zero-order chi connectivity index (χ0) is 26.0. The lowest BCUT2D eigenvalue weighted by Crippen LogP contribution is -2.52. The van der Waals surface area contributed by atoms with E-state index in [-0.39, 0.29) is 11.3 Å². The zero-order valence-electron chi connectivity index (χ0n) is 22.0. The van der Waals surface area contributed by atoms with Crippen LogP contribution in [0.1, 0.15) is 49.2 Å². The standard InChI is InChI=1S/C34H34N2O/c1-25-24-26-16-14-15-23-30(26)36(25)31(33(2,3)4)32(37)35-34(27-17-8-5-9-18-27,28-19-10-6-11-20-28)29-21-12-7-13-22-29/h5-24,31H,1-4H3,(H,35,37). The molecule has 1 aromatic heterocycles. The van der Waals surface area contributed by atoms with Gasteiger partial charge >= 0.3 is 0 Å². The van der Waals surface area contributed by atoms with Crippen LogP contribution in [0.25, 0.3) is 10.9 Å². The third-order valence-electron chi connectivity index (χ3n) is 7.20. The fraction of sp³-hybridized carbons (Fsp3) is 0.206. The van der Waals surface area contributed by atoms with Crippen molar-refractivity contribution >= 4 is 16.8 Å². The normalized spacial score (nSPS) is 12.9. The van der Waals surface area contributed by atoms with Gasteiger partial charge in [-0.1, -0.05) is 130 Å². The van der Waals surface area contributed by atoms with Crippen LogP contribution in [0.3, 0.4) is 0 Å². The molecule has 5 rings (SSSR count). The highest BCUT2D eigenvalue weighted by molar-refractivity contribution is 5.88. The summed E-state index contributed by atoms with van der Waals surface area (Å²) in [5.74, 6) is -0.0199. The third-order valence-corrected chi connectivity index (χ3v) is 7.20. The van der Waals surface area contributed by atoms with E-state index in [2.05, 4.69) is 92.2 Å². The third kappa shape index (κ3) is 4.46. The van der Waals surface area contributed by atoms with E-state index in [1.165, 1.54) is 0 Å². The summed E-state index contributed by atoms with van der Waals surface area (Å²) in [6.07, 6.45) is 0. The van der Waals surface area contributed by atoms with E-state index in [1.807, 2.05) is 66.7 Å². The van der Waals surface area contributed by atoms with Crippen molar-refractivity contribution in [3.8, 4) is 0 Å². The van der Waals surface area contributed by atoms with Crippen molar-refractivity contribution in [2.75, 3.05) is 0 Å². The summed E-state index contributed by atoms with van der Waals surface area (Å²) >= 11 is 0. The molecule has 3 nitrogen and oxygen atoms in total. The number of fused-ring (bicyclic) bond motifs is 1. The maximum absolute atomic E-state index is 14.7. The van der Waals surface area contributed by atoms with Gasteiger partial charge in [0.25, 0.3) is 0 Å². The van der Waals surface area contributed by atoms with Crippen LogP contribution in [-0.4, -0.2) is 10.5 Å². The van der Waals surface area contributed by atoms with Crippen LogP contribution in [0.15, 0.2) is 121 Å². The van der Waals surface area contributed by atoms with E-state index in [1.54, 1.807) is 0 Å². The maximum atomic E-state index is 14.7. The van der Waals surface area contributed by atoms with Crippen molar-refractivity contribution < 1.29 is 4.79 Å². The van der Waals surface area contributed by atoms with Crippen molar-refractivity contribution in [1.29, 1.82) is 0 Å². The lowest BCUT2D eigenvalue weighted by Gasteiger charge is -2.40. The van der Waals surface area contributed by atoms with Crippen molar-refractivity contribution in [2.45, 2.75) is 39.3 Å². The van der Waals surface area contributed by atoms with Gasteiger partial charge in [-0.05, 0) is 46.5 Å². The van der Waals surface area contributed by atoms with Crippen LogP contribution in [0.5, 0.6) is 0 Å². The number of nitrogens with zero attached hydrogens (tertiary/aromatic N) is 1. The number of nitrogens with one attached hydrogen (secondary N) is 1. The Kier molecular flexibility index (Phi) is 6.47. The van der Waals surface area contributed by atoms with Crippen molar-refractivity contribution in [2.24, 2.45) is 5.41 Å². The molecule has 0 radical (unpaired) electrons. The maximum Gasteiger partial charge on any atom is 0.244 e. The number of aromatic nitrogens is 1. The molecule has 0 saturated heterocycles. The topological polar surface area (TPSA) is 34.0 Å². The van der Waals surface area contributed by atoms with Gasteiger partial charge in [0.05, 0.1) is 0 Å². The first-order valence-corrected chi connectivity index (χ1v) is 12.9. The van der Waals surface area contributed by atoms with Crippen molar-refractivity contribution in [1.82, 2.24) is 9.88 Å². The molecule has 0 aliphatic carbocycles. The quantitative estimate of drug-likeness (QED) is 0.246. The first-order valence-electron chi connectivity index (χ1n) is 12.9. The number of benzene rings is 4. The average molecular weight is 487 g/mol. The first kappa shape index (κ1) is 24.6. The van der Waals surface area contributed by atoms with E-state index in [9.17, 15) is 4.79 Å². The number of para-hydroxylation sites is 1. The summed E-state index contributed by atoms with van der Waals surface area (Å²) in [6.45, 7) is 8.51. The van der Waals surface area contributed by atoms with Gasteiger partial charge in [-0.3, -0.25) is 4.79 Å². The Morgan fingerprint density at radius 2 is 1.11 bits per heavy atom. The Bertz CT molecular complexity index is 1400. The van der Waals surface area contributed by atoms with Crippen molar-refractivity contribution in [3.05, 3.63) is 144 Å².